The molecule has 2 N–H and O–H groups in total. The van der Waals surface area contributed by atoms with E-state index in [1.165, 1.54) is 0 Å². The predicted molar refractivity (Wildman–Crippen MR) is 93.4 cm³/mol. The highest BCUT2D eigenvalue weighted by atomic mass is 35.5. The van der Waals surface area contributed by atoms with Crippen molar-refractivity contribution in [3.63, 3.8) is 0 Å². The van der Waals surface area contributed by atoms with E-state index in [2.05, 4.69) is 4.57 Å². The third-order valence-electron chi connectivity index (χ3n) is 3.43. The Labute approximate surface area is 138 Å². The van der Waals surface area contributed by atoms with Crippen LogP contribution in [0.1, 0.15) is 11.1 Å². The molecule has 0 radical (unpaired) electrons. The maximum Gasteiger partial charge on any atom is 0.104 e. The Morgan fingerprint density at radius 2 is 1.95 bits per heavy atom. The van der Waals surface area contributed by atoms with Crippen LogP contribution in [0, 0.1) is 0 Å². The molecule has 3 rings (SSSR count). The van der Waals surface area contributed by atoms with Gasteiger partial charge in [0, 0.05) is 39.3 Å². The summed E-state index contributed by atoms with van der Waals surface area (Å²) in [5.74, 6) is 0. The molecule has 21 heavy (non-hydrogen) atoms. The van der Waals surface area contributed by atoms with Gasteiger partial charge >= 0.3 is 0 Å². The van der Waals surface area contributed by atoms with Crippen LogP contribution in [0.15, 0.2) is 48.7 Å². The highest BCUT2D eigenvalue weighted by Crippen LogP contribution is 2.25. The van der Waals surface area contributed by atoms with Crippen LogP contribution < -0.4 is 5.73 Å². The molecular formula is C16H12Cl2N2S. The van der Waals surface area contributed by atoms with Gasteiger partial charge in [0.15, 0.2) is 0 Å². The first-order valence-corrected chi connectivity index (χ1v) is 7.54. The summed E-state index contributed by atoms with van der Waals surface area (Å²) in [7, 11) is 0. The highest BCUT2D eigenvalue weighted by molar-refractivity contribution is 7.80. The number of fused-ring (bicyclic) bond motifs is 1. The van der Waals surface area contributed by atoms with Crippen LogP contribution in [0.3, 0.4) is 0 Å². The SMILES string of the molecule is NC(=S)c1cccc2c1ccn2Cc1cc(Cl)ccc1Cl. The Morgan fingerprint density at radius 1 is 1.14 bits per heavy atom. The summed E-state index contributed by atoms with van der Waals surface area (Å²) in [6.45, 7) is 0.643. The molecule has 0 atom stereocenters. The molecule has 5 heteroatoms. The number of rotatable bonds is 3. The van der Waals surface area contributed by atoms with E-state index in [4.69, 9.17) is 41.2 Å². The summed E-state index contributed by atoms with van der Waals surface area (Å²) in [6.07, 6.45) is 2.00. The molecule has 0 aliphatic heterocycles. The number of benzene rings is 2. The molecule has 2 nitrogen and oxygen atoms in total. The van der Waals surface area contributed by atoms with Crippen molar-refractivity contribution in [3.05, 3.63) is 69.8 Å². The average Bonchev–Trinajstić information content (AvgIpc) is 2.86. The van der Waals surface area contributed by atoms with Crippen LogP contribution in [0.25, 0.3) is 10.9 Å². The third-order valence-corrected chi connectivity index (χ3v) is 4.25. The van der Waals surface area contributed by atoms with Crippen LogP contribution >= 0.6 is 35.4 Å². The number of nitrogens with two attached hydrogens (primary N) is 1. The monoisotopic (exact) mass is 334 g/mol. The fourth-order valence-corrected chi connectivity index (χ4v) is 2.97. The fourth-order valence-electron chi connectivity index (χ4n) is 2.42. The lowest BCUT2D eigenvalue weighted by molar-refractivity contribution is 0.837. The van der Waals surface area contributed by atoms with Crippen molar-refractivity contribution in [2.24, 2.45) is 5.73 Å². The van der Waals surface area contributed by atoms with E-state index in [0.717, 1.165) is 22.0 Å². The third kappa shape index (κ3) is 2.77. The average molecular weight is 335 g/mol. The molecule has 0 unspecified atom stereocenters. The van der Waals surface area contributed by atoms with Gasteiger partial charge in [0.05, 0.1) is 0 Å². The standard InChI is InChI=1S/C16H12Cl2N2S/c17-11-4-5-14(18)10(8-11)9-20-7-6-12-13(16(19)21)2-1-3-15(12)20/h1-8H,9H2,(H2,19,21). The Bertz CT molecular complexity index is 839. The van der Waals surface area contributed by atoms with Crippen LogP contribution in [0.5, 0.6) is 0 Å². The lowest BCUT2D eigenvalue weighted by atomic mass is 10.1. The van der Waals surface area contributed by atoms with Gasteiger partial charge in [-0.2, -0.15) is 0 Å². The van der Waals surface area contributed by atoms with Crippen molar-refractivity contribution >= 4 is 51.3 Å². The lowest BCUT2D eigenvalue weighted by Crippen LogP contribution is -2.09. The summed E-state index contributed by atoms with van der Waals surface area (Å²) in [4.78, 5) is 0.402. The molecule has 1 aromatic heterocycles. The minimum atomic E-state index is 0.402. The van der Waals surface area contributed by atoms with Crippen molar-refractivity contribution < 1.29 is 0 Å². The molecule has 0 aliphatic carbocycles. The Morgan fingerprint density at radius 3 is 2.71 bits per heavy atom. The Balaban J connectivity index is 2.08. The van der Waals surface area contributed by atoms with Crippen molar-refractivity contribution in [2.45, 2.75) is 6.54 Å². The fraction of sp³-hybridized carbons (Fsp3) is 0.0625. The van der Waals surface area contributed by atoms with Gasteiger partial charge in [-0.05, 0) is 35.9 Å². The molecule has 0 saturated heterocycles. The summed E-state index contributed by atoms with van der Waals surface area (Å²) in [6, 6.07) is 13.4. The van der Waals surface area contributed by atoms with Gasteiger partial charge in [0.1, 0.15) is 4.99 Å². The largest absolute Gasteiger partial charge is 0.389 e. The number of thiocarbonyl (C=S) groups is 1. The van der Waals surface area contributed by atoms with Gasteiger partial charge in [0.25, 0.3) is 0 Å². The molecule has 0 saturated carbocycles. The van der Waals surface area contributed by atoms with E-state index in [1.807, 2.05) is 42.6 Å². The first-order chi connectivity index (χ1) is 10.1. The van der Waals surface area contributed by atoms with Crippen LogP contribution in [-0.4, -0.2) is 9.56 Å². The number of hydrogen-bond acceptors (Lipinski definition) is 1. The van der Waals surface area contributed by atoms with Gasteiger partial charge in [-0.3, -0.25) is 0 Å². The molecule has 0 spiro atoms. The van der Waals surface area contributed by atoms with Crippen LogP contribution in [0.4, 0.5) is 0 Å². The van der Waals surface area contributed by atoms with E-state index >= 15 is 0 Å². The maximum atomic E-state index is 6.23. The maximum absolute atomic E-state index is 6.23. The second-order valence-corrected chi connectivity index (χ2v) is 6.07. The Hall–Kier alpha value is -1.55. The van der Waals surface area contributed by atoms with Crippen molar-refractivity contribution in [1.29, 1.82) is 0 Å². The Kier molecular flexibility index (Phi) is 3.89. The quantitative estimate of drug-likeness (QED) is 0.708. The van der Waals surface area contributed by atoms with E-state index in [9.17, 15) is 0 Å². The van der Waals surface area contributed by atoms with E-state index in [0.29, 0.717) is 21.6 Å². The normalized spacial score (nSPS) is 11.0. The van der Waals surface area contributed by atoms with Gasteiger partial charge in [-0.1, -0.05) is 47.6 Å². The second-order valence-electron chi connectivity index (χ2n) is 4.78. The first kappa shape index (κ1) is 14.4. The molecule has 0 fully saturated rings. The topological polar surface area (TPSA) is 30.9 Å². The summed E-state index contributed by atoms with van der Waals surface area (Å²) >= 11 is 17.4. The number of halogens is 2. The minimum Gasteiger partial charge on any atom is -0.389 e. The van der Waals surface area contributed by atoms with E-state index in [-0.39, 0.29) is 0 Å². The summed E-state index contributed by atoms with van der Waals surface area (Å²) in [5.41, 5.74) is 8.70. The van der Waals surface area contributed by atoms with Gasteiger partial charge < -0.3 is 10.3 Å². The zero-order chi connectivity index (χ0) is 15.0. The predicted octanol–water partition coefficient (Wildman–Crippen LogP) is 4.63. The molecule has 0 amide bonds. The number of aromatic nitrogens is 1. The van der Waals surface area contributed by atoms with Gasteiger partial charge in [-0.25, -0.2) is 0 Å². The second kappa shape index (κ2) is 5.68. The van der Waals surface area contributed by atoms with Gasteiger partial charge in [0.2, 0.25) is 0 Å². The molecule has 1 heterocycles. The molecule has 2 aromatic carbocycles. The molecule has 0 aliphatic rings. The lowest BCUT2D eigenvalue weighted by Gasteiger charge is -2.09. The summed E-state index contributed by atoms with van der Waals surface area (Å²) in [5, 5.41) is 2.42. The van der Waals surface area contributed by atoms with Crippen LogP contribution in [0.2, 0.25) is 10.0 Å². The molecule has 3 aromatic rings. The van der Waals surface area contributed by atoms with E-state index in [1.54, 1.807) is 6.07 Å². The van der Waals surface area contributed by atoms with Crippen molar-refractivity contribution in [1.82, 2.24) is 4.57 Å². The zero-order valence-corrected chi connectivity index (χ0v) is 13.3. The first-order valence-electron chi connectivity index (χ1n) is 6.38. The molecular weight excluding hydrogens is 323 g/mol. The zero-order valence-electron chi connectivity index (χ0n) is 11.0. The smallest absolute Gasteiger partial charge is 0.104 e. The van der Waals surface area contributed by atoms with E-state index < -0.39 is 0 Å². The highest BCUT2D eigenvalue weighted by Gasteiger charge is 2.09. The molecule has 106 valence electrons. The van der Waals surface area contributed by atoms with Gasteiger partial charge in [-0.15, -0.1) is 0 Å². The van der Waals surface area contributed by atoms with Crippen LogP contribution in [-0.2, 0) is 6.54 Å². The minimum absolute atomic E-state index is 0.402. The number of nitrogens with zero attached hydrogens (tertiary/aromatic N) is 1. The number of hydrogen-bond donors (Lipinski definition) is 1. The van der Waals surface area contributed by atoms with Crippen molar-refractivity contribution in [2.75, 3.05) is 0 Å². The summed E-state index contributed by atoms with van der Waals surface area (Å²) < 4.78 is 2.11. The molecule has 0 bridgehead atoms. The van der Waals surface area contributed by atoms with Crippen molar-refractivity contribution in [3.8, 4) is 0 Å².